The van der Waals surface area contributed by atoms with Crippen molar-refractivity contribution in [1.29, 1.82) is 0 Å². The Morgan fingerprint density at radius 2 is 2.00 bits per heavy atom. The first-order chi connectivity index (χ1) is 9.38. The minimum atomic E-state index is -0.909. The van der Waals surface area contributed by atoms with Crippen molar-refractivity contribution < 1.29 is 14.7 Å². The van der Waals surface area contributed by atoms with E-state index in [9.17, 15) is 9.59 Å². The van der Waals surface area contributed by atoms with E-state index in [1.54, 1.807) is 18.9 Å². The van der Waals surface area contributed by atoms with Crippen molar-refractivity contribution in [3.8, 4) is 0 Å². The fraction of sp³-hybridized carbons (Fsp3) is 0.867. The number of carboxylic acid groups (broad SMARTS) is 1. The van der Waals surface area contributed by atoms with Crippen LogP contribution >= 0.6 is 0 Å². The summed E-state index contributed by atoms with van der Waals surface area (Å²) in [5.41, 5.74) is 0. The molecule has 0 saturated heterocycles. The monoisotopic (exact) mass is 282 g/mol. The van der Waals surface area contributed by atoms with Crippen molar-refractivity contribution in [3.05, 3.63) is 0 Å². The lowest BCUT2D eigenvalue weighted by molar-refractivity contribution is -0.139. The Morgan fingerprint density at radius 3 is 2.50 bits per heavy atom. The number of nitrogens with zero attached hydrogens (tertiary/aromatic N) is 1. The van der Waals surface area contributed by atoms with Gasteiger partial charge in [0.05, 0.1) is 12.6 Å². The predicted molar refractivity (Wildman–Crippen MR) is 76.3 cm³/mol. The Balaban J connectivity index is 1.83. The van der Waals surface area contributed by atoms with E-state index in [1.807, 2.05) is 0 Å². The highest BCUT2D eigenvalue weighted by molar-refractivity contribution is 5.82. The van der Waals surface area contributed by atoms with Gasteiger partial charge in [-0.2, -0.15) is 0 Å². The summed E-state index contributed by atoms with van der Waals surface area (Å²) >= 11 is 0. The van der Waals surface area contributed by atoms with E-state index < -0.39 is 12.0 Å². The van der Waals surface area contributed by atoms with Crippen LogP contribution in [0.1, 0.15) is 39.5 Å². The first kappa shape index (κ1) is 15.3. The number of carbonyl (C=O) groups is 2. The van der Waals surface area contributed by atoms with E-state index in [2.05, 4.69) is 12.2 Å². The van der Waals surface area contributed by atoms with Gasteiger partial charge in [-0.25, -0.2) is 0 Å². The molecule has 5 unspecified atom stereocenters. The number of fused-ring (bicyclic) bond motifs is 2. The first-order valence-electron chi connectivity index (χ1n) is 7.61. The van der Waals surface area contributed by atoms with Gasteiger partial charge >= 0.3 is 5.97 Å². The lowest BCUT2D eigenvalue weighted by atomic mass is 9.84. The molecule has 114 valence electrons. The van der Waals surface area contributed by atoms with Crippen LogP contribution in [0.25, 0.3) is 0 Å². The second-order valence-electron chi connectivity index (χ2n) is 6.62. The number of aliphatic carboxylic acids is 1. The maximum absolute atomic E-state index is 12.2. The first-order valence-corrected chi connectivity index (χ1v) is 7.61. The zero-order valence-corrected chi connectivity index (χ0v) is 12.6. The molecule has 5 heteroatoms. The molecule has 5 atom stereocenters. The molecule has 1 amide bonds. The topological polar surface area (TPSA) is 69.6 Å². The van der Waals surface area contributed by atoms with Crippen LogP contribution in [0.3, 0.4) is 0 Å². The van der Waals surface area contributed by atoms with E-state index in [0.717, 1.165) is 11.8 Å². The molecule has 2 bridgehead atoms. The van der Waals surface area contributed by atoms with Crippen LogP contribution in [0.2, 0.25) is 0 Å². The molecule has 0 radical (unpaired) electrons. The van der Waals surface area contributed by atoms with Crippen LogP contribution in [0.4, 0.5) is 0 Å². The molecule has 0 aromatic heterocycles. The molecule has 0 aromatic rings. The van der Waals surface area contributed by atoms with Gasteiger partial charge in [0.25, 0.3) is 0 Å². The average Bonchev–Trinajstić information content (AvgIpc) is 2.98. The quantitative estimate of drug-likeness (QED) is 0.771. The van der Waals surface area contributed by atoms with Crippen molar-refractivity contribution in [3.63, 3.8) is 0 Å². The van der Waals surface area contributed by atoms with Crippen molar-refractivity contribution >= 4 is 11.9 Å². The Bertz CT molecular complexity index is 385. The van der Waals surface area contributed by atoms with Gasteiger partial charge in [-0.1, -0.05) is 6.42 Å². The molecule has 20 heavy (non-hydrogen) atoms. The maximum atomic E-state index is 12.2. The molecule has 2 saturated carbocycles. The molecule has 0 spiro atoms. The maximum Gasteiger partial charge on any atom is 0.317 e. The highest BCUT2D eigenvalue weighted by Gasteiger charge is 2.42. The molecule has 0 aliphatic heterocycles. The zero-order valence-electron chi connectivity index (χ0n) is 12.6. The van der Waals surface area contributed by atoms with E-state index in [0.29, 0.717) is 5.92 Å². The van der Waals surface area contributed by atoms with Gasteiger partial charge in [0.2, 0.25) is 5.91 Å². The molecular weight excluding hydrogens is 256 g/mol. The van der Waals surface area contributed by atoms with Gasteiger partial charge in [0.1, 0.15) is 0 Å². The number of amides is 1. The van der Waals surface area contributed by atoms with E-state index in [1.165, 1.54) is 25.7 Å². The van der Waals surface area contributed by atoms with Gasteiger partial charge in [0.15, 0.2) is 0 Å². The summed E-state index contributed by atoms with van der Waals surface area (Å²) in [4.78, 5) is 24.4. The fourth-order valence-corrected chi connectivity index (χ4v) is 3.91. The number of carboxylic acids is 1. The second-order valence-corrected chi connectivity index (χ2v) is 6.62. The third kappa shape index (κ3) is 3.32. The van der Waals surface area contributed by atoms with Crippen molar-refractivity contribution in [2.24, 2.45) is 17.8 Å². The summed E-state index contributed by atoms with van der Waals surface area (Å²) in [5.74, 6) is 1.28. The number of likely N-dealkylation sites (N-methyl/N-ethyl adjacent to an activating group) is 1. The third-order valence-electron chi connectivity index (χ3n) is 5.23. The van der Waals surface area contributed by atoms with E-state index >= 15 is 0 Å². The SMILES string of the molecule is CC(NC(=O)C(C)N(C)CC(=O)O)C1CC2CCC1C2. The molecule has 2 aliphatic carbocycles. The molecule has 2 fully saturated rings. The van der Waals surface area contributed by atoms with Crippen LogP contribution in [0, 0.1) is 17.8 Å². The van der Waals surface area contributed by atoms with Crippen LogP contribution < -0.4 is 5.32 Å². The van der Waals surface area contributed by atoms with Crippen LogP contribution in [0.5, 0.6) is 0 Å². The summed E-state index contributed by atoms with van der Waals surface area (Å²) in [5, 5.41) is 11.9. The Hall–Kier alpha value is -1.10. The summed E-state index contributed by atoms with van der Waals surface area (Å²) in [6, 6.07) is -0.217. The standard InChI is InChI=1S/C15H26N2O3/c1-9(13-7-11-4-5-12(13)6-11)16-15(20)10(2)17(3)8-14(18)19/h9-13H,4-8H2,1-3H3,(H,16,20)(H,18,19). The molecule has 0 heterocycles. The Morgan fingerprint density at radius 1 is 1.30 bits per heavy atom. The van der Waals surface area contributed by atoms with Gasteiger partial charge in [-0.3, -0.25) is 14.5 Å². The highest BCUT2D eigenvalue weighted by atomic mass is 16.4. The molecule has 2 aliphatic rings. The lowest BCUT2D eigenvalue weighted by Crippen LogP contribution is -2.49. The molecule has 2 N–H and O–H groups in total. The normalized spacial score (nSPS) is 31.3. The van der Waals surface area contributed by atoms with Crippen LogP contribution in [0.15, 0.2) is 0 Å². The zero-order chi connectivity index (χ0) is 14.9. The van der Waals surface area contributed by atoms with Gasteiger partial charge < -0.3 is 10.4 Å². The van der Waals surface area contributed by atoms with E-state index in [4.69, 9.17) is 5.11 Å². The highest BCUT2D eigenvalue weighted by Crippen LogP contribution is 2.49. The summed E-state index contributed by atoms with van der Waals surface area (Å²) < 4.78 is 0. The lowest BCUT2D eigenvalue weighted by Gasteiger charge is -2.30. The number of rotatable bonds is 6. The summed E-state index contributed by atoms with van der Waals surface area (Å²) in [6.07, 6.45) is 5.24. The summed E-state index contributed by atoms with van der Waals surface area (Å²) in [6.45, 7) is 3.73. The van der Waals surface area contributed by atoms with Gasteiger partial charge in [-0.05, 0) is 57.9 Å². The molecule has 5 nitrogen and oxygen atoms in total. The molecule has 2 rings (SSSR count). The minimum Gasteiger partial charge on any atom is -0.480 e. The molecular formula is C15H26N2O3. The van der Waals surface area contributed by atoms with Crippen molar-refractivity contribution in [1.82, 2.24) is 10.2 Å². The summed E-state index contributed by atoms with van der Waals surface area (Å²) in [7, 11) is 1.67. The van der Waals surface area contributed by atoms with Crippen molar-refractivity contribution in [2.45, 2.75) is 51.6 Å². The number of hydrogen-bond donors (Lipinski definition) is 2. The van der Waals surface area contributed by atoms with Crippen LogP contribution in [-0.2, 0) is 9.59 Å². The number of carbonyl (C=O) groups excluding carboxylic acids is 1. The number of hydrogen-bond acceptors (Lipinski definition) is 3. The second kappa shape index (κ2) is 6.12. The van der Waals surface area contributed by atoms with Gasteiger partial charge in [0, 0.05) is 6.04 Å². The van der Waals surface area contributed by atoms with Crippen molar-refractivity contribution in [2.75, 3.05) is 13.6 Å². The fourth-order valence-electron chi connectivity index (χ4n) is 3.91. The Kier molecular flexibility index (Phi) is 4.68. The van der Waals surface area contributed by atoms with Crippen LogP contribution in [-0.4, -0.2) is 47.6 Å². The third-order valence-corrected chi connectivity index (χ3v) is 5.23. The predicted octanol–water partition coefficient (Wildman–Crippen LogP) is 1.33. The number of nitrogens with one attached hydrogen (secondary N) is 1. The van der Waals surface area contributed by atoms with Gasteiger partial charge in [-0.15, -0.1) is 0 Å². The Labute approximate surface area is 120 Å². The largest absolute Gasteiger partial charge is 0.480 e. The van der Waals surface area contributed by atoms with E-state index in [-0.39, 0.29) is 18.5 Å². The minimum absolute atomic E-state index is 0.0657. The molecule has 0 aromatic carbocycles. The average molecular weight is 282 g/mol. The smallest absolute Gasteiger partial charge is 0.317 e.